The second-order valence-corrected chi connectivity index (χ2v) is 4.16. The summed E-state index contributed by atoms with van der Waals surface area (Å²) in [5.74, 6) is -0.754. The minimum Gasteiger partial charge on any atom is -0.496 e. The molecule has 1 heterocycles. The van der Waals surface area contributed by atoms with E-state index in [2.05, 4.69) is 0 Å². The molecule has 1 aromatic carbocycles. The van der Waals surface area contributed by atoms with Gasteiger partial charge in [-0.2, -0.15) is 0 Å². The first-order valence-corrected chi connectivity index (χ1v) is 5.65. The molecule has 2 rings (SSSR count). The van der Waals surface area contributed by atoms with Gasteiger partial charge < -0.3 is 14.4 Å². The van der Waals surface area contributed by atoms with Gasteiger partial charge in [-0.3, -0.25) is 4.57 Å². The lowest BCUT2D eigenvalue weighted by atomic mass is 10.1. The van der Waals surface area contributed by atoms with E-state index < -0.39 is 5.97 Å². The average molecular weight is 262 g/mol. The smallest absolute Gasteiger partial charge is 0.339 e. The maximum Gasteiger partial charge on any atom is 0.339 e. The molecule has 0 saturated heterocycles. The molecule has 0 radical (unpaired) electrons. The van der Waals surface area contributed by atoms with Gasteiger partial charge >= 0.3 is 11.7 Å². The van der Waals surface area contributed by atoms with Crippen molar-refractivity contribution in [1.29, 1.82) is 0 Å². The third-order valence-corrected chi connectivity index (χ3v) is 2.86. The zero-order valence-corrected chi connectivity index (χ0v) is 10.7. The third kappa shape index (κ3) is 2.52. The van der Waals surface area contributed by atoms with Crippen LogP contribution in [0.15, 0.2) is 35.4 Å². The molecule has 0 unspecified atom stereocenters. The number of aryl methyl sites for hydroxylation is 1. The number of aromatic nitrogens is 2. The molecule has 0 saturated carbocycles. The molecule has 0 spiro atoms. The van der Waals surface area contributed by atoms with Crippen molar-refractivity contribution >= 4 is 5.97 Å². The van der Waals surface area contributed by atoms with Crippen LogP contribution in [0.1, 0.15) is 15.9 Å². The van der Waals surface area contributed by atoms with Crippen LogP contribution in [0.5, 0.6) is 5.75 Å². The molecular weight excluding hydrogens is 248 g/mol. The fraction of sp³-hybridized carbons (Fsp3) is 0.231. The summed E-state index contributed by atoms with van der Waals surface area (Å²) in [7, 11) is 3.08. The van der Waals surface area contributed by atoms with Gasteiger partial charge in [-0.25, -0.2) is 9.59 Å². The molecule has 0 aliphatic carbocycles. The van der Waals surface area contributed by atoms with E-state index in [0.717, 1.165) is 5.56 Å². The molecule has 0 atom stereocenters. The number of carboxylic acids is 1. The second-order valence-electron chi connectivity index (χ2n) is 4.16. The van der Waals surface area contributed by atoms with Crippen LogP contribution >= 0.6 is 0 Å². The summed E-state index contributed by atoms with van der Waals surface area (Å²) in [6.07, 6.45) is 3.32. The minimum atomic E-state index is -1.06. The van der Waals surface area contributed by atoms with E-state index in [-0.39, 0.29) is 11.3 Å². The van der Waals surface area contributed by atoms with E-state index >= 15 is 0 Å². The Labute approximate surface area is 109 Å². The molecular formula is C13H14N2O4. The van der Waals surface area contributed by atoms with Gasteiger partial charge in [-0.05, 0) is 17.7 Å². The van der Waals surface area contributed by atoms with E-state index in [1.54, 1.807) is 31.6 Å². The highest BCUT2D eigenvalue weighted by Crippen LogP contribution is 2.20. The van der Waals surface area contributed by atoms with Gasteiger partial charge in [-0.1, -0.05) is 6.07 Å². The van der Waals surface area contributed by atoms with Gasteiger partial charge in [0.2, 0.25) is 0 Å². The molecule has 1 N–H and O–H groups in total. The molecule has 2 aromatic rings. The quantitative estimate of drug-likeness (QED) is 0.890. The number of nitrogens with zero attached hydrogens (tertiary/aromatic N) is 2. The number of imidazole rings is 1. The number of hydrogen-bond donors (Lipinski definition) is 1. The second kappa shape index (κ2) is 5.01. The zero-order chi connectivity index (χ0) is 14.0. The number of ether oxygens (including phenoxy) is 1. The maximum atomic E-state index is 11.7. The van der Waals surface area contributed by atoms with Crippen LogP contribution in [0.25, 0.3) is 0 Å². The Bertz CT molecular complexity index is 670. The molecule has 1 aromatic heterocycles. The first-order chi connectivity index (χ1) is 9.02. The predicted molar refractivity (Wildman–Crippen MR) is 68.7 cm³/mol. The van der Waals surface area contributed by atoms with Crippen LogP contribution in [-0.2, 0) is 13.6 Å². The highest BCUT2D eigenvalue weighted by molar-refractivity contribution is 5.91. The minimum absolute atomic E-state index is 0.0870. The monoisotopic (exact) mass is 262 g/mol. The van der Waals surface area contributed by atoms with E-state index in [0.29, 0.717) is 12.3 Å². The number of carboxylic acid groups (broad SMARTS) is 1. The molecule has 0 aliphatic rings. The molecule has 0 amide bonds. The van der Waals surface area contributed by atoms with Crippen molar-refractivity contribution in [3.8, 4) is 5.75 Å². The summed E-state index contributed by atoms with van der Waals surface area (Å²) in [5, 5.41) is 9.09. The molecule has 0 bridgehead atoms. The highest BCUT2D eigenvalue weighted by Gasteiger charge is 2.12. The Morgan fingerprint density at radius 3 is 2.63 bits per heavy atom. The fourth-order valence-electron chi connectivity index (χ4n) is 1.85. The van der Waals surface area contributed by atoms with Crippen LogP contribution in [0.4, 0.5) is 0 Å². The van der Waals surface area contributed by atoms with Crippen LogP contribution in [0, 0.1) is 0 Å². The largest absolute Gasteiger partial charge is 0.496 e. The number of hydrogen-bond acceptors (Lipinski definition) is 3. The fourth-order valence-corrected chi connectivity index (χ4v) is 1.85. The Balaban J connectivity index is 2.36. The van der Waals surface area contributed by atoms with Crippen molar-refractivity contribution in [2.45, 2.75) is 6.54 Å². The van der Waals surface area contributed by atoms with Gasteiger partial charge in [-0.15, -0.1) is 0 Å². The topological polar surface area (TPSA) is 73.5 Å². The number of rotatable bonds is 4. The van der Waals surface area contributed by atoms with Crippen molar-refractivity contribution in [1.82, 2.24) is 9.13 Å². The maximum absolute atomic E-state index is 11.7. The number of carbonyl (C=O) groups is 1. The average Bonchev–Trinajstić information content (AvgIpc) is 2.70. The van der Waals surface area contributed by atoms with Gasteiger partial charge in [0.15, 0.2) is 0 Å². The molecule has 0 aliphatic heterocycles. The van der Waals surface area contributed by atoms with Crippen molar-refractivity contribution < 1.29 is 14.6 Å². The SMILES string of the molecule is COc1ccc(Cn2ccn(C)c2=O)cc1C(=O)O. The predicted octanol–water partition coefficient (Wildman–Crippen LogP) is 0.942. The van der Waals surface area contributed by atoms with Crippen LogP contribution in [0.3, 0.4) is 0 Å². The highest BCUT2D eigenvalue weighted by atomic mass is 16.5. The lowest BCUT2D eigenvalue weighted by molar-refractivity contribution is 0.0693. The number of benzene rings is 1. The van der Waals surface area contributed by atoms with Gasteiger partial charge in [0.1, 0.15) is 11.3 Å². The van der Waals surface area contributed by atoms with Crippen LogP contribution in [0.2, 0.25) is 0 Å². The standard InChI is InChI=1S/C13H14N2O4/c1-14-5-6-15(13(14)18)8-9-3-4-11(19-2)10(7-9)12(16)17/h3-7H,8H2,1-2H3,(H,16,17). The number of aromatic carboxylic acids is 1. The molecule has 100 valence electrons. The van der Waals surface area contributed by atoms with Crippen molar-refractivity contribution in [3.63, 3.8) is 0 Å². The van der Waals surface area contributed by atoms with Crippen molar-refractivity contribution in [3.05, 3.63) is 52.2 Å². The normalized spacial score (nSPS) is 10.4. The summed E-state index contributed by atoms with van der Waals surface area (Å²) in [6.45, 7) is 0.323. The van der Waals surface area contributed by atoms with Crippen LogP contribution in [-0.4, -0.2) is 27.3 Å². The summed E-state index contributed by atoms with van der Waals surface area (Å²) < 4.78 is 7.95. The lowest BCUT2D eigenvalue weighted by Crippen LogP contribution is -2.22. The van der Waals surface area contributed by atoms with Gasteiger partial charge in [0.25, 0.3) is 0 Å². The van der Waals surface area contributed by atoms with Crippen molar-refractivity contribution in [2.24, 2.45) is 7.05 Å². The zero-order valence-electron chi connectivity index (χ0n) is 10.7. The van der Waals surface area contributed by atoms with Gasteiger partial charge in [0.05, 0.1) is 13.7 Å². The first kappa shape index (κ1) is 12.9. The van der Waals surface area contributed by atoms with E-state index in [9.17, 15) is 9.59 Å². The van der Waals surface area contributed by atoms with Crippen molar-refractivity contribution in [2.75, 3.05) is 7.11 Å². The van der Waals surface area contributed by atoms with E-state index in [1.165, 1.54) is 22.3 Å². The van der Waals surface area contributed by atoms with Crippen LogP contribution < -0.4 is 10.4 Å². The third-order valence-electron chi connectivity index (χ3n) is 2.86. The molecule has 6 nitrogen and oxygen atoms in total. The Morgan fingerprint density at radius 1 is 1.37 bits per heavy atom. The summed E-state index contributed by atoms with van der Waals surface area (Å²) in [4.78, 5) is 22.8. The number of methoxy groups -OCH3 is 1. The molecule has 19 heavy (non-hydrogen) atoms. The Morgan fingerprint density at radius 2 is 2.11 bits per heavy atom. The first-order valence-electron chi connectivity index (χ1n) is 5.65. The Kier molecular flexibility index (Phi) is 3.41. The summed E-state index contributed by atoms with van der Waals surface area (Å²) >= 11 is 0. The molecule has 6 heteroatoms. The van der Waals surface area contributed by atoms with E-state index in [4.69, 9.17) is 9.84 Å². The van der Waals surface area contributed by atoms with E-state index in [1.807, 2.05) is 0 Å². The Hall–Kier alpha value is -2.50. The van der Waals surface area contributed by atoms with Gasteiger partial charge in [0, 0.05) is 19.4 Å². The summed E-state index contributed by atoms with van der Waals surface area (Å²) in [6, 6.07) is 4.85. The summed E-state index contributed by atoms with van der Waals surface area (Å²) in [5.41, 5.74) is 0.670. The lowest BCUT2D eigenvalue weighted by Gasteiger charge is -2.08. The molecule has 0 fully saturated rings.